The molecule has 0 bridgehead atoms. The molecule has 2 fully saturated rings. The largest absolute Gasteiger partial charge is 0.508 e. The van der Waals surface area contributed by atoms with Gasteiger partial charge in [-0.2, -0.15) is 5.10 Å². The van der Waals surface area contributed by atoms with Gasteiger partial charge in [0.05, 0.1) is 54.0 Å². The molecule has 322 valence electrons. The van der Waals surface area contributed by atoms with Crippen LogP contribution in [-0.4, -0.2) is 64.4 Å². The summed E-state index contributed by atoms with van der Waals surface area (Å²) in [5.41, 5.74) is 1.18. The van der Waals surface area contributed by atoms with Crippen LogP contribution in [0.2, 0.25) is 5.02 Å². The fraction of sp³-hybridized carbons (Fsp3) is 0.311. The van der Waals surface area contributed by atoms with Crippen molar-refractivity contribution in [2.75, 3.05) is 19.1 Å². The fourth-order valence-electron chi connectivity index (χ4n) is 10.1. The van der Waals surface area contributed by atoms with Crippen molar-refractivity contribution < 1.29 is 24.2 Å². The lowest BCUT2D eigenvalue weighted by Gasteiger charge is -2.47. The molecule has 2 aliphatic heterocycles. The Balaban J connectivity index is 1.03. The van der Waals surface area contributed by atoms with Crippen LogP contribution >= 0.6 is 22.9 Å². The van der Waals surface area contributed by atoms with Gasteiger partial charge in [-0.15, -0.1) is 11.3 Å². The van der Waals surface area contributed by atoms with E-state index in [4.69, 9.17) is 26.2 Å². The molecule has 1 aliphatic carbocycles. The number of thiophene rings is 1. The molecule has 10 rings (SSSR count). The van der Waals surface area contributed by atoms with Gasteiger partial charge in [0.25, 0.3) is 5.56 Å². The van der Waals surface area contributed by atoms with Crippen molar-refractivity contribution in [1.29, 1.82) is 0 Å². The number of halogens is 1. The Hall–Kier alpha value is -6.72. The van der Waals surface area contributed by atoms with E-state index in [1.165, 1.54) is 49.9 Å². The zero-order valence-corrected chi connectivity index (χ0v) is 36.7. The van der Waals surface area contributed by atoms with Crippen molar-refractivity contribution >= 4 is 61.7 Å². The Morgan fingerprint density at radius 1 is 0.952 bits per heavy atom. The number of hydrogen-bond acceptors (Lipinski definition) is 11. The fourth-order valence-corrected chi connectivity index (χ4v) is 11.4. The molecule has 16 nitrogen and oxygen atoms in total. The number of allylic oxidation sites excluding steroid dienone is 2. The molecule has 1 saturated heterocycles. The van der Waals surface area contributed by atoms with E-state index in [9.17, 15) is 24.3 Å². The van der Waals surface area contributed by atoms with Crippen LogP contribution in [0.3, 0.4) is 0 Å². The smallest absolute Gasteiger partial charge is 0.347 e. The summed E-state index contributed by atoms with van der Waals surface area (Å²) in [5, 5.41) is 16.7. The number of hydrogen-bond donors (Lipinski definition) is 1. The van der Waals surface area contributed by atoms with Gasteiger partial charge in [0, 0.05) is 60.9 Å². The molecule has 63 heavy (non-hydrogen) atoms. The van der Waals surface area contributed by atoms with Crippen LogP contribution in [0.25, 0.3) is 31.7 Å². The summed E-state index contributed by atoms with van der Waals surface area (Å²) in [6, 6.07) is 16.5. The molecule has 7 aromatic rings. The topological polar surface area (TPSA) is 178 Å². The van der Waals surface area contributed by atoms with Gasteiger partial charge in [-0.1, -0.05) is 29.8 Å². The average Bonchev–Trinajstić information content (AvgIpc) is 3.94. The number of fused-ring (bicyclic) bond motifs is 6. The van der Waals surface area contributed by atoms with Crippen molar-refractivity contribution in [2.24, 2.45) is 25.4 Å². The molecule has 2 amide bonds. The molecule has 4 atom stereocenters. The molecule has 0 unspecified atom stereocenters. The number of amides is 2. The van der Waals surface area contributed by atoms with E-state index in [0.29, 0.717) is 50.2 Å². The van der Waals surface area contributed by atoms with E-state index >= 15 is 4.79 Å². The number of phenols is 1. The first kappa shape index (κ1) is 40.4. The number of benzene rings is 3. The number of carbonyl (C=O) groups is 2. The number of ether oxygens (including phenoxy) is 2. The number of aromatic nitrogens is 7. The molecule has 0 spiro atoms. The van der Waals surface area contributed by atoms with E-state index in [1.54, 1.807) is 62.7 Å². The average molecular weight is 889 g/mol. The highest BCUT2D eigenvalue weighted by Crippen LogP contribution is 2.61. The van der Waals surface area contributed by atoms with E-state index < -0.39 is 52.0 Å². The number of methoxy groups -OCH3 is 2. The first-order valence-corrected chi connectivity index (χ1v) is 21.5. The van der Waals surface area contributed by atoms with Gasteiger partial charge < -0.3 is 19.1 Å². The minimum absolute atomic E-state index is 0.0243. The van der Waals surface area contributed by atoms with Crippen LogP contribution in [0.5, 0.6) is 17.2 Å². The Labute approximate surface area is 367 Å². The number of imide groups is 1. The third-order valence-electron chi connectivity index (χ3n) is 13.3. The number of nitrogens with zero attached hydrogens (tertiary/aromatic N) is 8. The highest BCUT2D eigenvalue weighted by Gasteiger charge is 2.66. The van der Waals surface area contributed by atoms with Gasteiger partial charge in [0.15, 0.2) is 11.5 Å². The normalized spacial score (nSPS) is 20.6. The number of carbonyl (C=O) groups excluding carboxylic acids is 2. The Kier molecular flexibility index (Phi) is 9.24. The lowest BCUT2D eigenvalue weighted by atomic mass is 9.56. The van der Waals surface area contributed by atoms with E-state index in [0.717, 1.165) is 25.1 Å². The predicted molar refractivity (Wildman–Crippen MR) is 237 cm³/mol. The molecule has 4 aromatic heterocycles. The second kappa shape index (κ2) is 14.4. The number of aromatic hydroxyl groups is 1. The van der Waals surface area contributed by atoms with Crippen LogP contribution in [-0.2, 0) is 43.2 Å². The third kappa shape index (κ3) is 5.81. The van der Waals surface area contributed by atoms with Crippen LogP contribution < -0.4 is 31.3 Å². The zero-order chi connectivity index (χ0) is 44.4. The van der Waals surface area contributed by atoms with Gasteiger partial charge in [-0.05, 0) is 72.7 Å². The number of phenolic OH excluding ortho intramolecular Hbond substituents is 1. The van der Waals surface area contributed by atoms with Crippen LogP contribution in [0.1, 0.15) is 42.1 Å². The first-order chi connectivity index (χ1) is 30.2. The number of aryl methyl sites for hydroxylation is 4. The Bertz CT molecular complexity index is 3340. The van der Waals surface area contributed by atoms with Crippen LogP contribution in [0.4, 0.5) is 5.82 Å². The van der Waals surface area contributed by atoms with Crippen molar-refractivity contribution in [3.05, 3.63) is 125 Å². The third-order valence-corrected chi connectivity index (χ3v) is 14.8. The van der Waals surface area contributed by atoms with Crippen molar-refractivity contribution in [2.45, 2.75) is 51.7 Å². The SMILES string of the molecule is COc1cc2nc(CCn3c(=O)n4n(c3=O)[C@@H]3C[C@H]5C(=O)N(c6cc(-c7sc8ccc(Cl)cc8c7C)nn6C)C(=O)[C@@]5(C)[C@@H](c5ccc(O)cc5)C3=CC4)c(=O)n(C)c2cc1OC. The van der Waals surface area contributed by atoms with Gasteiger partial charge >= 0.3 is 11.4 Å². The van der Waals surface area contributed by atoms with Gasteiger partial charge in [-0.3, -0.25) is 19.1 Å². The summed E-state index contributed by atoms with van der Waals surface area (Å²) >= 11 is 7.88. The maximum absolute atomic E-state index is 15.1. The van der Waals surface area contributed by atoms with E-state index in [-0.39, 0.29) is 37.4 Å². The Morgan fingerprint density at radius 2 is 1.68 bits per heavy atom. The molecule has 1 saturated carbocycles. The van der Waals surface area contributed by atoms with Crippen LogP contribution in [0, 0.1) is 18.3 Å². The quantitative estimate of drug-likeness (QED) is 0.152. The second-order valence-electron chi connectivity index (χ2n) is 16.5. The highest BCUT2D eigenvalue weighted by atomic mass is 35.5. The summed E-state index contributed by atoms with van der Waals surface area (Å²) in [7, 11) is 6.31. The predicted octanol–water partition coefficient (Wildman–Crippen LogP) is 5.47. The van der Waals surface area contributed by atoms with Gasteiger partial charge in [0.1, 0.15) is 23.0 Å². The maximum atomic E-state index is 15.1. The number of anilines is 1. The monoisotopic (exact) mass is 888 g/mol. The van der Waals surface area contributed by atoms with Crippen molar-refractivity contribution in [1.82, 2.24) is 33.3 Å². The van der Waals surface area contributed by atoms with Crippen molar-refractivity contribution in [3.63, 3.8) is 0 Å². The lowest BCUT2D eigenvalue weighted by molar-refractivity contribution is -0.129. The second-order valence-corrected chi connectivity index (χ2v) is 18.0. The van der Waals surface area contributed by atoms with Crippen molar-refractivity contribution in [3.8, 4) is 27.8 Å². The summed E-state index contributed by atoms with van der Waals surface area (Å²) in [6.07, 6.45) is 1.90. The number of rotatable bonds is 8. The minimum Gasteiger partial charge on any atom is -0.508 e. The van der Waals surface area contributed by atoms with E-state index in [2.05, 4.69) is 4.98 Å². The summed E-state index contributed by atoms with van der Waals surface area (Å²) < 4.78 is 18.7. The summed E-state index contributed by atoms with van der Waals surface area (Å²) in [5.74, 6) is -1.31. The molecule has 18 heteroatoms. The first-order valence-electron chi connectivity index (χ1n) is 20.3. The zero-order valence-electron chi connectivity index (χ0n) is 35.1. The summed E-state index contributed by atoms with van der Waals surface area (Å²) in [4.78, 5) is 79.0. The molecule has 1 N–H and O–H groups in total. The molecular formula is C45H41ClN8O8S. The molecule has 3 aromatic carbocycles. The van der Waals surface area contributed by atoms with Gasteiger partial charge in [-0.25, -0.2) is 33.4 Å². The molecule has 3 aliphatic rings. The van der Waals surface area contributed by atoms with Gasteiger partial charge in [0.2, 0.25) is 11.8 Å². The van der Waals surface area contributed by atoms with Crippen LogP contribution in [0.15, 0.2) is 86.7 Å². The minimum atomic E-state index is -1.33. The molecular weight excluding hydrogens is 848 g/mol. The standard InChI is InChI=1S/C45H41ClN8O8S/c1-22-27-17-24(46)9-12-36(27)63-39(22)31-20-37(50(4)48-31)53-40(56)28-18-32-26(38(45(28,2)42(53)58)23-7-10-25(55)11-8-23)13-16-52-43(59)51(44(60)54(32)52)15-14-29-41(57)49(3)33-21-35(62-6)34(61-5)19-30(33)47-29/h7-13,17,19-21,28,32,38,55H,14-16,18H2,1-6H3/t28-,32+,38-,45+/m0/s1. The molecule has 6 heterocycles. The summed E-state index contributed by atoms with van der Waals surface area (Å²) in [6.45, 7) is 3.67. The lowest BCUT2D eigenvalue weighted by Crippen LogP contribution is -2.49. The highest BCUT2D eigenvalue weighted by molar-refractivity contribution is 7.22. The molecule has 0 radical (unpaired) electrons. The van der Waals surface area contributed by atoms with E-state index in [1.807, 2.05) is 31.2 Å². The maximum Gasteiger partial charge on any atom is 0.347 e. The Morgan fingerprint density at radius 3 is 2.41 bits per heavy atom.